The molecule has 8 nitrogen and oxygen atoms in total. The van der Waals surface area contributed by atoms with E-state index in [9.17, 15) is 14.4 Å². The van der Waals surface area contributed by atoms with Gasteiger partial charge in [-0.25, -0.2) is 9.78 Å². The monoisotopic (exact) mass is 422 g/mol. The molecular weight excluding hydrogens is 396 g/mol. The Bertz CT molecular complexity index is 1250. The van der Waals surface area contributed by atoms with Gasteiger partial charge in [0, 0.05) is 38.7 Å². The van der Waals surface area contributed by atoms with Crippen molar-refractivity contribution in [1.82, 2.24) is 19.4 Å². The summed E-state index contributed by atoms with van der Waals surface area (Å²) in [5, 5.41) is 0.155. The number of fused-ring (bicyclic) bond motifs is 1. The van der Waals surface area contributed by atoms with Gasteiger partial charge in [0.05, 0.1) is 10.9 Å². The molecule has 1 saturated heterocycles. The van der Waals surface area contributed by atoms with Crippen molar-refractivity contribution in [3.8, 4) is 5.75 Å². The number of aromatic nitrogens is 3. The minimum absolute atomic E-state index is 0.0375. The molecule has 31 heavy (non-hydrogen) atoms. The minimum Gasteiger partial charge on any atom is -0.490 e. The summed E-state index contributed by atoms with van der Waals surface area (Å²) in [7, 11) is 1.54. The van der Waals surface area contributed by atoms with Gasteiger partial charge in [0.2, 0.25) is 0 Å². The second-order valence-electron chi connectivity index (χ2n) is 7.96. The molecule has 0 aliphatic carbocycles. The molecule has 3 heterocycles. The van der Waals surface area contributed by atoms with Crippen LogP contribution in [0.25, 0.3) is 11.0 Å². The fourth-order valence-electron chi connectivity index (χ4n) is 3.97. The molecule has 1 aliphatic heterocycles. The SMILES string of the molecule is CCc1cc(C(=O)N2CCC(Oc3cccc(C)c3)CC2)c2c(=O)[nH]c(=O)n(C)c2n1. The molecule has 0 saturated carbocycles. The number of carbonyl (C=O) groups is 1. The lowest BCUT2D eigenvalue weighted by Gasteiger charge is -2.32. The van der Waals surface area contributed by atoms with E-state index in [1.165, 1.54) is 11.6 Å². The standard InChI is InChI=1S/C23H26N4O4/c1-4-15-13-18(19-20(24-15)26(3)23(30)25-21(19)28)22(29)27-10-8-16(9-11-27)31-17-7-5-6-14(2)12-17/h5-7,12-13,16H,4,8-11H2,1-3H3,(H,25,28,30). The van der Waals surface area contributed by atoms with E-state index in [-0.39, 0.29) is 28.6 Å². The number of hydrogen-bond acceptors (Lipinski definition) is 5. The Morgan fingerprint density at radius 1 is 1.23 bits per heavy atom. The lowest BCUT2D eigenvalue weighted by molar-refractivity contribution is 0.0597. The Balaban J connectivity index is 1.58. The first-order chi connectivity index (χ1) is 14.9. The summed E-state index contributed by atoms with van der Waals surface area (Å²) in [4.78, 5) is 46.3. The average molecular weight is 422 g/mol. The number of H-pyrrole nitrogens is 1. The summed E-state index contributed by atoms with van der Waals surface area (Å²) < 4.78 is 7.36. The van der Waals surface area contributed by atoms with Crippen LogP contribution in [-0.4, -0.2) is 44.5 Å². The van der Waals surface area contributed by atoms with E-state index >= 15 is 0 Å². The van der Waals surface area contributed by atoms with Crippen LogP contribution >= 0.6 is 0 Å². The van der Waals surface area contributed by atoms with E-state index in [4.69, 9.17) is 4.74 Å². The third-order valence-electron chi connectivity index (χ3n) is 5.74. The first-order valence-corrected chi connectivity index (χ1v) is 10.5. The van der Waals surface area contributed by atoms with Crippen molar-refractivity contribution < 1.29 is 9.53 Å². The van der Waals surface area contributed by atoms with Crippen LogP contribution < -0.4 is 16.0 Å². The predicted molar refractivity (Wildman–Crippen MR) is 118 cm³/mol. The normalized spacial score (nSPS) is 14.7. The van der Waals surface area contributed by atoms with Crippen LogP contribution in [0, 0.1) is 6.92 Å². The molecule has 1 N–H and O–H groups in total. The van der Waals surface area contributed by atoms with Crippen LogP contribution in [0.2, 0.25) is 0 Å². The van der Waals surface area contributed by atoms with E-state index < -0.39 is 11.2 Å². The van der Waals surface area contributed by atoms with Crippen molar-refractivity contribution in [2.75, 3.05) is 13.1 Å². The highest BCUT2D eigenvalue weighted by molar-refractivity contribution is 6.05. The smallest absolute Gasteiger partial charge is 0.329 e. The number of benzene rings is 1. The van der Waals surface area contributed by atoms with Crippen LogP contribution in [0.4, 0.5) is 0 Å². The number of rotatable bonds is 4. The first-order valence-electron chi connectivity index (χ1n) is 10.5. The predicted octanol–water partition coefficient (Wildman–Crippen LogP) is 2.18. The maximum absolute atomic E-state index is 13.4. The topological polar surface area (TPSA) is 97.3 Å². The van der Waals surface area contributed by atoms with E-state index in [1.807, 2.05) is 38.1 Å². The molecule has 0 radical (unpaired) electrons. The lowest BCUT2D eigenvalue weighted by Crippen LogP contribution is -2.42. The van der Waals surface area contributed by atoms with Gasteiger partial charge in [0.1, 0.15) is 17.5 Å². The number of hydrogen-bond donors (Lipinski definition) is 1. The number of carbonyl (C=O) groups excluding carboxylic acids is 1. The number of nitrogens with zero attached hydrogens (tertiary/aromatic N) is 3. The molecule has 3 aromatic rings. The van der Waals surface area contributed by atoms with Gasteiger partial charge in [-0.2, -0.15) is 0 Å². The fourth-order valence-corrected chi connectivity index (χ4v) is 3.97. The van der Waals surface area contributed by atoms with Crippen molar-refractivity contribution in [3.05, 3.63) is 68.0 Å². The molecule has 0 atom stereocenters. The average Bonchev–Trinajstić information content (AvgIpc) is 2.76. The Kier molecular flexibility index (Phi) is 5.63. The Morgan fingerprint density at radius 2 is 1.97 bits per heavy atom. The largest absolute Gasteiger partial charge is 0.490 e. The summed E-state index contributed by atoms with van der Waals surface area (Å²) in [5.41, 5.74) is 1.18. The zero-order chi connectivity index (χ0) is 22.1. The molecule has 1 aliphatic rings. The minimum atomic E-state index is -0.589. The fraction of sp³-hybridized carbons (Fsp3) is 0.391. The number of amides is 1. The Labute approximate surface area is 179 Å². The van der Waals surface area contributed by atoms with Crippen molar-refractivity contribution in [3.63, 3.8) is 0 Å². The Hall–Kier alpha value is -3.42. The summed E-state index contributed by atoms with van der Waals surface area (Å²) in [5.74, 6) is 0.616. The van der Waals surface area contributed by atoms with E-state index in [2.05, 4.69) is 9.97 Å². The quantitative estimate of drug-likeness (QED) is 0.695. The number of pyridine rings is 1. The highest BCUT2D eigenvalue weighted by Gasteiger charge is 2.27. The van der Waals surface area contributed by atoms with E-state index in [0.717, 1.165) is 11.3 Å². The third kappa shape index (κ3) is 4.10. The molecular formula is C23H26N4O4. The van der Waals surface area contributed by atoms with Gasteiger partial charge in [0.25, 0.3) is 11.5 Å². The van der Waals surface area contributed by atoms with Crippen LogP contribution in [0.3, 0.4) is 0 Å². The van der Waals surface area contributed by atoms with Crippen LogP contribution in [0.5, 0.6) is 5.75 Å². The number of nitrogens with one attached hydrogen (secondary N) is 1. The number of aryl methyl sites for hydroxylation is 3. The third-order valence-corrected chi connectivity index (χ3v) is 5.74. The van der Waals surface area contributed by atoms with Crippen molar-refractivity contribution in [2.45, 2.75) is 39.2 Å². The molecule has 162 valence electrons. The number of ether oxygens (including phenoxy) is 1. The van der Waals surface area contributed by atoms with Gasteiger partial charge in [-0.05, 0) is 37.1 Å². The second-order valence-corrected chi connectivity index (χ2v) is 7.96. The molecule has 2 aromatic heterocycles. The van der Waals surface area contributed by atoms with Crippen molar-refractivity contribution in [2.24, 2.45) is 7.05 Å². The molecule has 1 aromatic carbocycles. The molecule has 0 bridgehead atoms. The van der Waals surface area contributed by atoms with Crippen LogP contribution in [0.15, 0.2) is 39.9 Å². The van der Waals surface area contributed by atoms with Gasteiger partial charge in [0.15, 0.2) is 0 Å². The summed E-state index contributed by atoms with van der Waals surface area (Å²) >= 11 is 0. The molecule has 1 fully saturated rings. The maximum atomic E-state index is 13.4. The molecule has 8 heteroatoms. The first kappa shape index (κ1) is 20.8. The zero-order valence-corrected chi connectivity index (χ0v) is 18.0. The van der Waals surface area contributed by atoms with Gasteiger partial charge < -0.3 is 9.64 Å². The summed E-state index contributed by atoms with van der Waals surface area (Å²) in [6.45, 7) is 5.01. The number of aromatic amines is 1. The molecule has 0 spiro atoms. The summed E-state index contributed by atoms with van der Waals surface area (Å²) in [6.07, 6.45) is 2.04. The highest BCUT2D eigenvalue weighted by Crippen LogP contribution is 2.23. The van der Waals surface area contributed by atoms with Gasteiger partial charge in [-0.1, -0.05) is 19.1 Å². The molecule has 4 rings (SSSR count). The maximum Gasteiger partial charge on any atom is 0.329 e. The second kappa shape index (κ2) is 8.37. The molecule has 1 amide bonds. The van der Waals surface area contributed by atoms with Crippen LogP contribution in [0.1, 0.15) is 41.4 Å². The van der Waals surface area contributed by atoms with E-state index in [1.54, 1.807) is 11.0 Å². The van der Waals surface area contributed by atoms with Crippen LogP contribution in [-0.2, 0) is 13.5 Å². The van der Waals surface area contributed by atoms with E-state index in [0.29, 0.717) is 38.0 Å². The molecule has 0 unspecified atom stereocenters. The van der Waals surface area contributed by atoms with Crippen molar-refractivity contribution in [1.29, 1.82) is 0 Å². The van der Waals surface area contributed by atoms with Gasteiger partial charge in [-0.15, -0.1) is 0 Å². The zero-order valence-electron chi connectivity index (χ0n) is 18.0. The Morgan fingerprint density at radius 3 is 2.65 bits per heavy atom. The lowest BCUT2D eigenvalue weighted by atomic mass is 10.0. The number of likely N-dealkylation sites (tertiary alicyclic amines) is 1. The summed E-state index contributed by atoms with van der Waals surface area (Å²) in [6, 6.07) is 9.60. The van der Waals surface area contributed by atoms with Gasteiger partial charge >= 0.3 is 5.69 Å². The highest BCUT2D eigenvalue weighted by atomic mass is 16.5. The van der Waals surface area contributed by atoms with Gasteiger partial charge in [-0.3, -0.25) is 19.1 Å². The number of piperidine rings is 1. The van der Waals surface area contributed by atoms with Crippen molar-refractivity contribution >= 4 is 16.9 Å².